The SMILES string of the molecule is Cc1cccc(OCC(CO)c2ccc(C)o2)c1. The maximum atomic E-state index is 9.38. The maximum Gasteiger partial charge on any atom is 0.119 e. The topological polar surface area (TPSA) is 42.6 Å². The molecule has 0 radical (unpaired) electrons. The van der Waals surface area contributed by atoms with Crippen molar-refractivity contribution in [2.24, 2.45) is 0 Å². The second kappa shape index (κ2) is 5.74. The first-order valence-electron chi connectivity index (χ1n) is 6.05. The van der Waals surface area contributed by atoms with Crippen LogP contribution in [0.2, 0.25) is 0 Å². The van der Waals surface area contributed by atoms with Gasteiger partial charge in [-0.15, -0.1) is 0 Å². The number of aliphatic hydroxyl groups excluding tert-OH is 1. The van der Waals surface area contributed by atoms with E-state index in [1.54, 1.807) is 0 Å². The van der Waals surface area contributed by atoms with E-state index in [1.165, 1.54) is 0 Å². The highest BCUT2D eigenvalue weighted by molar-refractivity contribution is 5.27. The summed E-state index contributed by atoms with van der Waals surface area (Å²) in [7, 11) is 0. The standard InChI is InChI=1S/C15H18O3/c1-11-4-3-5-14(8-11)17-10-13(9-16)15-7-6-12(2)18-15/h3-8,13,16H,9-10H2,1-2H3. The number of aryl methyl sites for hydroxylation is 2. The van der Waals surface area contributed by atoms with Gasteiger partial charge >= 0.3 is 0 Å². The predicted molar refractivity (Wildman–Crippen MR) is 69.9 cm³/mol. The third kappa shape index (κ3) is 3.14. The maximum absolute atomic E-state index is 9.38. The van der Waals surface area contributed by atoms with Gasteiger partial charge in [0.2, 0.25) is 0 Å². The molecule has 1 aromatic heterocycles. The van der Waals surface area contributed by atoms with Crippen LogP contribution in [0.25, 0.3) is 0 Å². The van der Waals surface area contributed by atoms with Gasteiger partial charge in [-0.3, -0.25) is 0 Å². The Bertz CT molecular complexity index is 502. The molecule has 2 aromatic rings. The van der Waals surface area contributed by atoms with E-state index in [2.05, 4.69) is 0 Å². The number of hydrogen-bond acceptors (Lipinski definition) is 3. The lowest BCUT2D eigenvalue weighted by Crippen LogP contribution is -2.13. The molecule has 1 unspecified atom stereocenters. The molecule has 0 saturated carbocycles. The fraction of sp³-hybridized carbons (Fsp3) is 0.333. The minimum atomic E-state index is -0.126. The van der Waals surface area contributed by atoms with Gasteiger partial charge in [-0.05, 0) is 43.7 Å². The van der Waals surface area contributed by atoms with E-state index >= 15 is 0 Å². The second-order valence-corrected chi connectivity index (χ2v) is 4.46. The molecule has 3 heteroatoms. The van der Waals surface area contributed by atoms with Crippen molar-refractivity contribution in [3.63, 3.8) is 0 Å². The van der Waals surface area contributed by atoms with Gasteiger partial charge in [0.05, 0.1) is 12.5 Å². The molecule has 0 saturated heterocycles. The Morgan fingerprint density at radius 1 is 1.22 bits per heavy atom. The summed E-state index contributed by atoms with van der Waals surface area (Å²) in [6, 6.07) is 11.6. The lowest BCUT2D eigenvalue weighted by Gasteiger charge is -2.13. The van der Waals surface area contributed by atoms with Crippen LogP contribution in [0.3, 0.4) is 0 Å². The van der Waals surface area contributed by atoms with Crippen molar-refractivity contribution >= 4 is 0 Å². The summed E-state index contributed by atoms with van der Waals surface area (Å²) in [6.07, 6.45) is 0. The van der Waals surface area contributed by atoms with Crippen molar-refractivity contribution < 1.29 is 14.3 Å². The zero-order valence-corrected chi connectivity index (χ0v) is 10.7. The summed E-state index contributed by atoms with van der Waals surface area (Å²) >= 11 is 0. The molecule has 96 valence electrons. The van der Waals surface area contributed by atoms with Crippen LogP contribution < -0.4 is 4.74 Å². The van der Waals surface area contributed by atoms with Crippen LogP contribution in [-0.2, 0) is 0 Å². The van der Waals surface area contributed by atoms with Gasteiger partial charge in [0.15, 0.2) is 0 Å². The molecule has 0 fully saturated rings. The third-order valence-electron chi connectivity index (χ3n) is 2.82. The van der Waals surface area contributed by atoms with E-state index < -0.39 is 0 Å². The molecule has 0 amide bonds. The Morgan fingerprint density at radius 3 is 2.67 bits per heavy atom. The zero-order chi connectivity index (χ0) is 13.0. The van der Waals surface area contributed by atoms with Gasteiger partial charge < -0.3 is 14.3 Å². The highest BCUT2D eigenvalue weighted by Crippen LogP contribution is 2.20. The number of aliphatic hydroxyl groups is 1. The normalized spacial score (nSPS) is 12.4. The van der Waals surface area contributed by atoms with Gasteiger partial charge in [-0.1, -0.05) is 12.1 Å². The van der Waals surface area contributed by atoms with Crippen molar-refractivity contribution in [1.29, 1.82) is 0 Å². The molecule has 3 nitrogen and oxygen atoms in total. The van der Waals surface area contributed by atoms with E-state index in [0.717, 1.165) is 22.8 Å². The molecule has 0 aliphatic rings. The van der Waals surface area contributed by atoms with Crippen molar-refractivity contribution in [3.8, 4) is 5.75 Å². The van der Waals surface area contributed by atoms with Gasteiger partial charge in [0.1, 0.15) is 23.9 Å². The minimum Gasteiger partial charge on any atom is -0.493 e. The first kappa shape index (κ1) is 12.7. The molecule has 0 aliphatic carbocycles. The fourth-order valence-electron chi connectivity index (χ4n) is 1.80. The van der Waals surface area contributed by atoms with Gasteiger partial charge in [0.25, 0.3) is 0 Å². The van der Waals surface area contributed by atoms with Crippen LogP contribution in [0, 0.1) is 13.8 Å². The monoisotopic (exact) mass is 246 g/mol. The van der Waals surface area contributed by atoms with Crippen LogP contribution in [0.15, 0.2) is 40.8 Å². The summed E-state index contributed by atoms with van der Waals surface area (Å²) in [5.41, 5.74) is 1.15. The quantitative estimate of drug-likeness (QED) is 0.881. The zero-order valence-electron chi connectivity index (χ0n) is 10.7. The molecular weight excluding hydrogens is 228 g/mol. The van der Waals surface area contributed by atoms with Crippen LogP contribution in [0.5, 0.6) is 5.75 Å². The van der Waals surface area contributed by atoms with Crippen molar-refractivity contribution in [2.45, 2.75) is 19.8 Å². The van der Waals surface area contributed by atoms with Crippen molar-refractivity contribution in [2.75, 3.05) is 13.2 Å². The van der Waals surface area contributed by atoms with Crippen LogP contribution in [0.1, 0.15) is 23.0 Å². The summed E-state index contributed by atoms with van der Waals surface area (Å²) in [5.74, 6) is 2.30. The lowest BCUT2D eigenvalue weighted by molar-refractivity contribution is 0.189. The summed E-state index contributed by atoms with van der Waals surface area (Å²) in [4.78, 5) is 0. The molecule has 1 heterocycles. The highest BCUT2D eigenvalue weighted by atomic mass is 16.5. The highest BCUT2D eigenvalue weighted by Gasteiger charge is 2.15. The third-order valence-corrected chi connectivity index (χ3v) is 2.82. The molecular formula is C15H18O3. The second-order valence-electron chi connectivity index (χ2n) is 4.46. The van der Waals surface area contributed by atoms with Gasteiger partial charge in [0, 0.05) is 0 Å². The van der Waals surface area contributed by atoms with E-state index in [1.807, 2.05) is 50.2 Å². The lowest BCUT2D eigenvalue weighted by atomic mass is 10.1. The van der Waals surface area contributed by atoms with Crippen LogP contribution in [-0.4, -0.2) is 18.3 Å². The largest absolute Gasteiger partial charge is 0.493 e. The number of benzene rings is 1. The van der Waals surface area contributed by atoms with E-state index in [-0.39, 0.29) is 12.5 Å². The van der Waals surface area contributed by atoms with Crippen molar-refractivity contribution in [1.82, 2.24) is 0 Å². The smallest absolute Gasteiger partial charge is 0.119 e. The Morgan fingerprint density at radius 2 is 2.06 bits per heavy atom. The molecule has 1 N–H and O–H groups in total. The van der Waals surface area contributed by atoms with Gasteiger partial charge in [-0.25, -0.2) is 0 Å². The average Bonchev–Trinajstić information content (AvgIpc) is 2.77. The molecule has 0 spiro atoms. The summed E-state index contributed by atoms with van der Waals surface area (Å²) in [6.45, 7) is 4.33. The Labute approximate surface area is 107 Å². The fourth-order valence-corrected chi connectivity index (χ4v) is 1.80. The molecule has 1 aromatic carbocycles. The van der Waals surface area contributed by atoms with E-state index in [9.17, 15) is 5.11 Å². The minimum absolute atomic E-state index is 0.0127. The Hall–Kier alpha value is -1.74. The number of ether oxygens (including phenoxy) is 1. The Balaban J connectivity index is 1.99. The molecule has 2 rings (SSSR count). The first-order chi connectivity index (χ1) is 8.69. The molecule has 0 bridgehead atoms. The summed E-state index contributed by atoms with van der Waals surface area (Å²) < 4.78 is 11.2. The average molecular weight is 246 g/mol. The Kier molecular flexibility index (Phi) is 4.05. The number of hydrogen-bond donors (Lipinski definition) is 1. The predicted octanol–water partition coefficient (Wildman–Crippen LogP) is 3.05. The van der Waals surface area contributed by atoms with Crippen LogP contribution >= 0.6 is 0 Å². The molecule has 18 heavy (non-hydrogen) atoms. The van der Waals surface area contributed by atoms with Crippen LogP contribution in [0.4, 0.5) is 0 Å². The van der Waals surface area contributed by atoms with E-state index in [0.29, 0.717) is 6.61 Å². The number of rotatable bonds is 5. The molecule has 0 aliphatic heterocycles. The first-order valence-corrected chi connectivity index (χ1v) is 6.05. The van der Waals surface area contributed by atoms with Crippen molar-refractivity contribution in [3.05, 3.63) is 53.5 Å². The molecule has 1 atom stereocenters. The number of furan rings is 1. The summed E-state index contributed by atoms with van der Waals surface area (Å²) in [5, 5.41) is 9.38. The van der Waals surface area contributed by atoms with Gasteiger partial charge in [-0.2, -0.15) is 0 Å². The van der Waals surface area contributed by atoms with E-state index in [4.69, 9.17) is 9.15 Å².